The van der Waals surface area contributed by atoms with Gasteiger partial charge in [0.05, 0.1) is 12.7 Å². The molecule has 2 rings (SSSR count). The summed E-state index contributed by atoms with van der Waals surface area (Å²) in [5, 5.41) is 12.5. The zero-order chi connectivity index (χ0) is 13.0. The molecule has 1 fully saturated rings. The molecule has 2 heterocycles. The Morgan fingerprint density at radius 2 is 2.22 bits per heavy atom. The van der Waals surface area contributed by atoms with Crippen molar-refractivity contribution in [3.8, 4) is 0 Å². The van der Waals surface area contributed by atoms with Crippen LogP contribution in [0, 0.1) is 5.92 Å². The van der Waals surface area contributed by atoms with Crippen molar-refractivity contribution < 1.29 is 18.0 Å². The fourth-order valence-corrected chi connectivity index (χ4v) is 3.12. The van der Waals surface area contributed by atoms with Gasteiger partial charge in [0.2, 0.25) is 0 Å². The highest BCUT2D eigenvalue weighted by molar-refractivity contribution is 7.87. The first-order valence-electron chi connectivity index (χ1n) is 5.87. The van der Waals surface area contributed by atoms with Crippen LogP contribution in [0.15, 0.2) is 16.8 Å². The van der Waals surface area contributed by atoms with E-state index in [2.05, 4.69) is 9.88 Å². The summed E-state index contributed by atoms with van der Waals surface area (Å²) in [5.41, 5.74) is 0. The molecule has 0 bridgehead atoms. The average molecular weight is 275 g/mol. The summed E-state index contributed by atoms with van der Waals surface area (Å²) in [6, 6.07) is 1.61. The summed E-state index contributed by atoms with van der Waals surface area (Å²) in [4.78, 5) is 0. The third kappa shape index (κ3) is 3.29. The van der Waals surface area contributed by atoms with Crippen molar-refractivity contribution in [2.24, 2.45) is 5.92 Å². The molecule has 0 saturated carbocycles. The van der Waals surface area contributed by atoms with E-state index in [9.17, 15) is 8.42 Å². The number of aliphatic hydroxyl groups excluding tert-OH is 1. The topological polar surface area (TPSA) is 95.7 Å². The average Bonchev–Trinajstić information content (AvgIpc) is 2.90. The van der Waals surface area contributed by atoms with Crippen LogP contribution in [-0.2, 0) is 16.8 Å². The molecule has 2 N–H and O–H groups in total. The molecule has 0 spiro atoms. The maximum Gasteiger partial charge on any atom is 0.279 e. The molecule has 0 atom stereocenters. The van der Waals surface area contributed by atoms with Gasteiger partial charge in [-0.05, 0) is 18.8 Å². The Labute approximate surface area is 106 Å². The fourth-order valence-electron chi connectivity index (χ4n) is 1.92. The lowest BCUT2D eigenvalue weighted by molar-refractivity contribution is 0.169. The van der Waals surface area contributed by atoms with Crippen molar-refractivity contribution in [1.82, 2.24) is 14.2 Å². The molecule has 18 heavy (non-hydrogen) atoms. The first kappa shape index (κ1) is 13.5. The number of aliphatic hydroxyl groups is 1. The van der Waals surface area contributed by atoms with Gasteiger partial charge in [0.1, 0.15) is 0 Å². The van der Waals surface area contributed by atoms with Gasteiger partial charge in [0.15, 0.2) is 5.76 Å². The van der Waals surface area contributed by atoms with Crippen LogP contribution in [0.4, 0.5) is 0 Å². The number of nitrogens with one attached hydrogen (secondary N) is 1. The zero-order valence-corrected chi connectivity index (χ0v) is 10.8. The second kappa shape index (κ2) is 5.79. The van der Waals surface area contributed by atoms with Crippen molar-refractivity contribution in [3.05, 3.63) is 18.0 Å². The summed E-state index contributed by atoms with van der Waals surface area (Å²) < 4.78 is 32.6. The van der Waals surface area contributed by atoms with E-state index in [1.807, 2.05) is 0 Å². The van der Waals surface area contributed by atoms with Gasteiger partial charge in [-0.25, -0.2) is 0 Å². The predicted molar refractivity (Wildman–Crippen MR) is 63.6 cm³/mol. The Bertz CT molecular complexity index is 451. The summed E-state index contributed by atoms with van der Waals surface area (Å²) >= 11 is 0. The Kier molecular flexibility index (Phi) is 4.33. The van der Waals surface area contributed by atoms with Crippen LogP contribution in [0.5, 0.6) is 0 Å². The van der Waals surface area contributed by atoms with E-state index in [0.717, 1.165) is 0 Å². The summed E-state index contributed by atoms with van der Waals surface area (Å²) in [6.07, 6.45) is 2.86. The minimum Gasteiger partial charge on any atom is -0.396 e. The SMILES string of the molecule is O=S(=O)(NCc1ccno1)N1CCC(CO)CC1. The summed E-state index contributed by atoms with van der Waals surface area (Å²) in [6.45, 7) is 1.11. The molecule has 1 saturated heterocycles. The van der Waals surface area contributed by atoms with E-state index in [4.69, 9.17) is 9.63 Å². The van der Waals surface area contributed by atoms with Gasteiger partial charge >= 0.3 is 0 Å². The van der Waals surface area contributed by atoms with E-state index in [-0.39, 0.29) is 19.1 Å². The minimum absolute atomic E-state index is 0.0995. The lowest BCUT2D eigenvalue weighted by Crippen LogP contribution is -2.45. The minimum atomic E-state index is -3.48. The van der Waals surface area contributed by atoms with Crippen molar-refractivity contribution in [2.45, 2.75) is 19.4 Å². The molecule has 0 aromatic carbocycles. The van der Waals surface area contributed by atoms with E-state index in [1.165, 1.54) is 10.5 Å². The molecule has 8 heteroatoms. The maximum atomic E-state index is 12.0. The molecule has 1 aromatic rings. The van der Waals surface area contributed by atoms with Gasteiger partial charge in [-0.3, -0.25) is 0 Å². The van der Waals surface area contributed by atoms with Gasteiger partial charge < -0.3 is 9.63 Å². The normalized spacial score (nSPS) is 19.2. The molecular formula is C10H17N3O4S. The molecule has 0 unspecified atom stereocenters. The van der Waals surface area contributed by atoms with Gasteiger partial charge in [0.25, 0.3) is 10.2 Å². The van der Waals surface area contributed by atoms with E-state index in [0.29, 0.717) is 31.7 Å². The highest BCUT2D eigenvalue weighted by atomic mass is 32.2. The molecule has 102 valence electrons. The highest BCUT2D eigenvalue weighted by Crippen LogP contribution is 2.18. The molecular weight excluding hydrogens is 258 g/mol. The molecule has 0 radical (unpaired) electrons. The Morgan fingerprint density at radius 3 is 2.78 bits per heavy atom. The van der Waals surface area contributed by atoms with Crippen LogP contribution in [0.25, 0.3) is 0 Å². The zero-order valence-electron chi connectivity index (χ0n) is 9.95. The van der Waals surface area contributed by atoms with Crippen LogP contribution in [0.1, 0.15) is 18.6 Å². The van der Waals surface area contributed by atoms with Crippen LogP contribution in [0.3, 0.4) is 0 Å². The lowest BCUT2D eigenvalue weighted by atomic mass is 10.00. The molecule has 0 amide bonds. The highest BCUT2D eigenvalue weighted by Gasteiger charge is 2.27. The molecule has 1 aromatic heterocycles. The van der Waals surface area contributed by atoms with E-state index in [1.54, 1.807) is 6.07 Å². The van der Waals surface area contributed by atoms with Gasteiger partial charge in [-0.2, -0.15) is 17.4 Å². The maximum absolute atomic E-state index is 12.0. The fraction of sp³-hybridized carbons (Fsp3) is 0.700. The quantitative estimate of drug-likeness (QED) is 0.770. The summed E-state index contributed by atoms with van der Waals surface area (Å²) in [7, 11) is -3.48. The van der Waals surface area contributed by atoms with Crippen molar-refractivity contribution in [1.29, 1.82) is 0 Å². The van der Waals surface area contributed by atoms with Crippen LogP contribution < -0.4 is 4.72 Å². The number of piperidine rings is 1. The van der Waals surface area contributed by atoms with Crippen molar-refractivity contribution in [2.75, 3.05) is 19.7 Å². The van der Waals surface area contributed by atoms with E-state index < -0.39 is 10.2 Å². The standard InChI is InChI=1S/C10H17N3O4S/c14-8-9-2-5-13(6-3-9)18(15,16)12-7-10-1-4-11-17-10/h1,4,9,12,14H,2-3,5-8H2. The van der Waals surface area contributed by atoms with Crippen LogP contribution in [-0.4, -0.2) is 42.7 Å². The monoisotopic (exact) mass is 275 g/mol. The van der Waals surface area contributed by atoms with Crippen molar-refractivity contribution >= 4 is 10.2 Å². The third-order valence-corrected chi connectivity index (χ3v) is 4.65. The first-order chi connectivity index (χ1) is 8.62. The Morgan fingerprint density at radius 1 is 1.50 bits per heavy atom. The van der Waals surface area contributed by atoms with Gasteiger partial charge in [-0.1, -0.05) is 5.16 Å². The summed E-state index contributed by atoms with van der Waals surface area (Å²) in [5.74, 6) is 0.689. The predicted octanol–water partition coefficient (Wildman–Crippen LogP) is -0.287. The largest absolute Gasteiger partial charge is 0.396 e. The molecule has 0 aliphatic carbocycles. The van der Waals surface area contributed by atoms with Crippen LogP contribution in [0.2, 0.25) is 0 Å². The molecule has 1 aliphatic heterocycles. The number of nitrogens with zero attached hydrogens (tertiary/aromatic N) is 2. The smallest absolute Gasteiger partial charge is 0.279 e. The van der Waals surface area contributed by atoms with Gasteiger partial charge in [-0.15, -0.1) is 0 Å². The van der Waals surface area contributed by atoms with Crippen molar-refractivity contribution in [3.63, 3.8) is 0 Å². The number of hydrogen-bond acceptors (Lipinski definition) is 5. The van der Waals surface area contributed by atoms with Gasteiger partial charge in [0, 0.05) is 25.8 Å². The first-order valence-corrected chi connectivity index (χ1v) is 7.31. The van der Waals surface area contributed by atoms with E-state index >= 15 is 0 Å². The van der Waals surface area contributed by atoms with Crippen LogP contribution >= 0.6 is 0 Å². The molecule has 1 aliphatic rings. The third-order valence-electron chi connectivity index (χ3n) is 3.09. The molecule has 7 nitrogen and oxygen atoms in total. The second-order valence-corrected chi connectivity index (χ2v) is 6.09. The Balaban J connectivity index is 1.87. The number of rotatable bonds is 5. The lowest BCUT2D eigenvalue weighted by Gasteiger charge is -2.30. The number of aromatic nitrogens is 1. The second-order valence-electron chi connectivity index (χ2n) is 4.33. The number of hydrogen-bond donors (Lipinski definition) is 2. The Hall–Kier alpha value is -0.960.